The predicted molar refractivity (Wildman–Crippen MR) is 81.3 cm³/mol. The Hall–Kier alpha value is -1.17. The van der Waals surface area contributed by atoms with Crippen LogP contribution in [0.2, 0.25) is 0 Å². The minimum Gasteiger partial charge on any atom is -0.383 e. The Bertz CT molecular complexity index is 565. The molecule has 1 heterocycles. The fraction of sp³-hybridized carbons (Fsp3) is 0.286. The molecule has 1 aromatic heterocycles. The molecule has 18 heavy (non-hydrogen) atoms. The van der Waals surface area contributed by atoms with Crippen molar-refractivity contribution in [3.05, 3.63) is 39.1 Å². The number of benzene rings is 1. The summed E-state index contributed by atoms with van der Waals surface area (Å²) in [4.78, 5) is 8.85. The first-order valence-electron chi connectivity index (χ1n) is 6.05. The third-order valence-electron chi connectivity index (χ3n) is 3.26. The van der Waals surface area contributed by atoms with Crippen molar-refractivity contribution in [2.45, 2.75) is 25.7 Å². The molecule has 0 spiro atoms. The van der Waals surface area contributed by atoms with Gasteiger partial charge in [-0.25, -0.2) is 9.97 Å². The molecule has 1 aromatic carbocycles. The molecular weight excluding hydrogens is 337 g/mol. The van der Waals surface area contributed by atoms with Crippen LogP contribution >= 0.6 is 22.6 Å². The van der Waals surface area contributed by atoms with Gasteiger partial charge in [-0.2, -0.15) is 0 Å². The Morgan fingerprint density at radius 1 is 1.17 bits per heavy atom. The summed E-state index contributed by atoms with van der Waals surface area (Å²) in [6.45, 7) is 1.96. The van der Waals surface area contributed by atoms with E-state index in [0.29, 0.717) is 11.6 Å². The second kappa shape index (κ2) is 4.50. The third kappa shape index (κ3) is 2.21. The standard InChI is InChI=1S/C14H14IN3/c1-8-12(15)13(16)18-14(17-8)11-6-4-10(5-7-11)9-2-3-9/h4-7,9H,2-3H2,1H3,(H2,16,17,18). The first-order chi connectivity index (χ1) is 8.65. The quantitative estimate of drug-likeness (QED) is 0.843. The number of anilines is 1. The molecule has 0 bridgehead atoms. The van der Waals surface area contributed by atoms with Crippen LogP contribution < -0.4 is 5.73 Å². The van der Waals surface area contributed by atoms with E-state index in [1.165, 1.54) is 18.4 Å². The Balaban J connectivity index is 1.98. The Labute approximate surface area is 120 Å². The Morgan fingerprint density at radius 2 is 1.83 bits per heavy atom. The minimum absolute atomic E-state index is 0.560. The first kappa shape index (κ1) is 11.9. The monoisotopic (exact) mass is 351 g/mol. The van der Waals surface area contributed by atoms with Gasteiger partial charge in [-0.1, -0.05) is 24.3 Å². The van der Waals surface area contributed by atoms with Crippen molar-refractivity contribution in [3.8, 4) is 11.4 Å². The van der Waals surface area contributed by atoms with Gasteiger partial charge in [0.15, 0.2) is 5.82 Å². The van der Waals surface area contributed by atoms with Gasteiger partial charge in [0.2, 0.25) is 0 Å². The van der Waals surface area contributed by atoms with Crippen LogP contribution in [0.1, 0.15) is 30.0 Å². The Morgan fingerprint density at radius 3 is 2.39 bits per heavy atom. The van der Waals surface area contributed by atoms with E-state index in [9.17, 15) is 0 Å². The number of nitrogens with zero attached hydrogens (tertiary/aromatic N) is 2. The molecule has 2 N–H and O–H groups in total. The van der Waals surface area contributed by atoms with Crippen molar-refractivity contribution in [1.29, 1.82) is 0 Å². The molecule has 0 aliphatic heterocycles. The highest BCUT2D eigenvalue weighted by Gasteiger charge is 2.23. The zero-order valence-electron chi connectivity index (χ0n) is 10.2. The van der Waals surface area contributed by atoms with Crippen LogP contribution in [0.15, 0.2) is 24.3 Å². The van der Waals surface area contributed by atoms with E-state index < -0.39 is 0 Å². The zero-order chi connectivity index (χ0) is 12.7. The molecule has 3 nitrogen and oxygen atoms in total. The molecule has 1 fully saturated rings. The molecule has 1 aliphatic carbocycles. The van der Waals surface area contributed by atoms with Crippen molar-refractivity contribution < 1.29 is 0 Å². The van der Waals surface area contributed by atoms with Crippen molar-refractivity contribution in [2.75, 3.05) is 5.73 Å². The van der Waals surface area contributed by atoms with Crippen LogP contribution in [0, 0.1) is 10.5 Å². The molecule has 0 radical (unpaired) electrons. The fourth-order valence-corrected chi connectivity index (χ4v) is 2.27. The highest BCUT2D eigenvalue weighted by Crippen LogP contribution is 2.40. The van der Waals surface area contributed by atoms with Crippen LogP contribution in [0.3, 0.4) is 0 Å². The largest absolute Gasteiger partial charge is 0.383 e. The fourth-order valence-electron chi connectivity index (χ4n) is 2.03. The third-order valence-corrected chi connectivity index (χ3v) is 4.59. The van der Waals surface area contributed by atoms with E-state index >= 15 is 0 Å². The molecule has 0 atom stereocenters. The van der Waals surface area contributed by atoms with E-state index in [1.54, 1.807) is 0 Å². The van der Waals surface area contributed by atoms with E-state index in [0.717, 1.165) is 20.7 Å². The number of aryl methyl sites for hydroxylation is 1. The molecule has 0 amide bonds. The number of hydrogen-bond donors (Lipinski definition) is 1. The van der Waals surface area contributed by atoms with E-state index in [2.05, 4.69) is 56.8 Å². The van der Waals surface area contributed by atoms with Gasteiger partial charge in [0, 0.05) is 5.56 Å². The highest BCUT2D eigenvalue weighted by molar-refractivity contribution is 14.1. The lowest BCUT2D eigenvalue weighted by Crippen LogP contribution is -2.02. The summed E-state index contributed by atoms with van der Waals surface area (Å²) in [5.74, 6) is 2.06. The normalized spacial score (nSPS) is 14.8. The van der Waals surface area contributed by atoms with Crippen LogP contribution in [0.5, 0.6) is 0 Å². The molecule has 92 valence electrons. The molecule has 0 saturated heterocycles. The van der Waals surface area contributed by atoms with Gasteiger partial charge in [-0.3, -0.25) is 0 Å². The van der Waals surface area contributed by atoms with Crippen molar-refractivity contribution in [3.63, 3.8) is 0 Å². The van der Waals surface area contributed by atoms with Crippen LogP contribution in [-0.4, -0.2) is 9.97 Å². The maximum absolute atomic E-state index is 5.89. The average molecular weight is 351 g/mol. The van der Waals surface area contributed by atoms with Gasteiger partial charge in [-0.05, 0) is 53.8 Å². The van der Waals surface area contributed by atoms with Gasteiger partial charge in [0.1, 0.15) is 5.82 Å². The molecule has 2 aromatic rings. The van der Waals surface area contributed by atoms with E-state index in [-0.39, 0.29) is 0 Å². The molecule has 1 saturated carbocycles. The Kier molecular flexibility index (Phi) is 2.97. The average Bonchev–Trinajstić information content (AvgIpc) is 3.20. The number of hydrogen-bond acceptors (Lipinski definition) is 3. The minimum atomic E-state index is 0.560. The lowest BCUT2D eigenvalue weighted by molar-refractivity contribution is 1.09. The van der Waals surface area contributed by atoms with Crippen molar-refractivity contribution in [1.82, 2.24) is 9.97 Å². The van der Waals surface area contributed by atoms with Gasteiger partial charge in [-0.15, -0.1) is 0 Å². The summed E-state index contributed by atoms with van der Waals surface area (Å²) in [7, 11) is 0. The van der Waals surface area contributed by atoms with Crippen molar-refractivity contribution >= 4 is 28.4 Å². The number of aromatic nitrogens is 2. The SMILES string of the molecule is Cc1nc(-c2ccc(C3CC3)cc2)nc(N)c1I. The number of halogens is 1. The molecule has 1 aliphatic rings. The lowest BCUT2D eigenvalue weighted by atomic mass is 10.1. The summed E-state index contributed by atoms with van der Waals surface area (Å²) in [6, 6.07) is 8.54. The van der Waals surface area contributed by atoms with Crippen LogP contribution in [0.4, 0.5) is 5.82 Å². The van der Waals surface area contributed by atoms with E-state index in [4.69, 9.17) is 5.73 Å². The second-order valence-corrected chi connectivity index (χ2v) is 5.81. The topological polar surface area (TPSA) is 51.8 Å². The predicted octanol–water partition coefficient (Wildman–Crippen LogP) is 3.52. The molecule has 3 rings (SSSR count). The molecule has 0 unspecified atom stereocenters. The van der Waals surface area contributed by atoms with Gasteiger partial charge >= 0.3 is 0 Å². The molecule has 4 heteroatoms. The maximum Gasteiger partial charge on any atom is 0.161 e. The second-order valence-electron chi connectivity index (χ2n) is 4.73. The van der Waals surface area contributed by atoms with Crippen LogP contribution in [0.25, 0.3) is 11.4 Å². The highest BCUT2D eigenvalue weighted by atomic mass is 127. The van der Waals surface area contributed by atoms with Gasteiger partial charge in [0.05, 0.1) is 9.26 Å². The molecular formula is C14H14IN3. The first-order valence-corrected chi connectivity index (χ1v) is 7.13. The van der Waals surface area contributed by atoms with Gasteiger partial charge < -0.3 is 5.73 Å². The smallest absolute Gasteiger partial charge is 0.161 e. The number of nitrogen functional groups attached to an aromatic ring is 1. The van der Waals surface area contributed by atoms with Gasteiger partial charge in [0.25, 0.3) is 0 Å². The summed E-state index contributed by atoms with van der Waals surface area (Å²) in [6.07, 6.45) is 2.65. The van der Waals surface area contributed by atoms with Crippen molar-refractivity contribution in [2.24, 2.45) is 0 Å². The number of rotatable bonds is 2. The lowest BCUT2D eigenvalue weighted by Gasteiger charge is -2.06. The summed E-state index contributed by atoms with van der Waals surface area (Å²) >= 11 is 2.18. The van der Waals surface area contributed by atoms with Crippen LogP contribution in [-0.2, 0) is 0 Å². The number of nitrogens with two attached hydrogens (primary N) is 1. The van der Waals surface area contributed by atoms with E-state index in [1.807, 2.05) is 6.92 Å². The maximum atomic E-state index is 5.89. The summed E-state index contributed by atoms with van der Waals surface area (Å²) in [5, 5.41) is 0. The summed E-state index contributed by atoms with van der Waals surface area (Å²) < 4.78 is 0.936. The zero-order valence-corrected chi connectivity index (χ0v) is 12.3. The summed E-state index contributed by atoms with van der Waals surface area (Å²) in [5.41, 5.74) is 9.28.